The predicted molar refractivity (Wildman–Crippen MR) is 122 cm³/mol. The monoisotopic (exact) mass is 492 g/mol. The number of nitrogens with zero attached hydrogens (tertiary/aromatic N) is 1. The Balaban J connectivity index is 1.65. The fraction of sp³-hybridized carbons (Fsp3) is 0.190. The van der Waals surface area contributed by atoms with Gasteiger partial charge in [0.25, 0.3) is 0 Å². The van der Waals surface area contributed by atoms with E-state index in [9.17, 15) is 14.4 Å². The van der Waals surface area contributed by atoms with Gasteiger partial charge in [-0.25, -0.2) is 4.90 Å². The van der Waals surface area contributed by atoms with Crippen LogP contribution in [0.3, 0.4) is 0 Å². The van der Waals surface area contributed by atoms with E-state index in [0.717, 1.165) is 11.3 Å². The summed E-state index contributed by atoms with van der Waals surface area (Å²) in [5.74, 6) is -1.31. The van der Waals surface area contributed by atoms with Crippen molar-refractivity contribution >= 4 is 63.8 Å². The van der Waals surface area contributed by atoms with Crippen molar-refractivity contribution in [3.8, 4) is 5.75 Å². The zero-order chi connectivity index (χ0) is 21.9. The molecule has 2 aromatic carbocycles. The number of aromatic nitrogens is 1. The first kappa shape index (κ1) is 20.6. The highest BCUT2D eigenvalue weighted by Gasteiger charge is 2.56. The van der Waals surface area contributed by atoms with Crippen molar-refractivity contribution in [3.05, 3.63) is 72.6 Å². The third kappa shape index (κ3) is 3.20. The number of nitrogens with one attached hydrogen (secondary N) is 1. The number of anilines is 1. The second-order valence-corrected chi connectivity index (χ2v) is 10.1. The standard InChI is InChI=1S/C21H14Cl2N2O4S2/c1-29-10-7-5-9(6-8-10)25-19(26)14-13(11-3-2-4-12(22)15(11)23)16-18(24-21(28)31-16)30-17(14)20(25)27/h2-8,13-14,17H,1H3,(H,24,28)/t13-,14-,17+/m0/s1. The predicted octanol–water partition coefficient (Wildman–Crippen LogP) is 4.55. The number of carbonyl (C=O) groups excluding carboxylic acids is 2. The molecule has 1 saturated heterocycles. The number of rotatable bonds is 3. The molecule has 31 heavy (non-hydrogen) atoms. The molecule has 2 aliphatic rings. The summed E-state index contributed by atoms with van der Waals surface area (Å²) in [4.78, 5) is 43.5. The van der Waals surface area contributed by atoms with E-state index in [1.165, 1.54) is 16.7 Å². The van der Waals surface area contributed by atoms with E-state index < -0.39 is 17.1 Å². The lowest BCUT2D eigenvalue weighted by Crippen LogP contribution is -2.32. The van der Waals surface area contributed by atoms with Crippen molar-refractivity contribution in [1.82, 2.24) is 4.98 Å². The fourth-order valence-electron chi connectivity index (χ4n) is 4.10. The molecule has 3 aromatic rings. The van der Waals surface area contributed by atoms with Gasteiger partial charge >= 0.3 is 4.87 Å². The van der Waals surface area contributed by atoms with Crippen molar-refractivity contribution in [2.24, 2.45) is 5.92 Å². The lowest BCUT2D eigenvalue weighted by molar-refractivity contribution is -0.122. The van der Waals surface area contributed by atoms with E-state index in [2.05, 4.69) is 4.98 Å². The molecule has 1 N–H and O–H groups in total. The average molecular weight is 493 g/mol. The van der Waals surface area contributed by atoms with Gasteiger partial charge in [0.1, 0.15) is 11.0 Å². The highest BCUT2D eigenvalue weighted by Crippen LogP contribution is 2.54. The van der Waals surface area contributed by atoms with E-state index in [1.54, 1.807) is 49.6 Å². The van der Waals surface area contributed by atoms with Crippen molar-refractivity contribution in [2.75, 3.05) is 12.0 Å². The number of hydrogen-bond donors (Lipinski definition) is 1. The van der Waals surface area contributed by atoms with Crippen molar-refractivity contribution < 1.29 is 14.3 Å². The summed E-state index contributed by atoms with van der Waals surface area (Å²) in [6, 6.07) is 11.9. The minimum Gasteiger partial charge on any atom is -0.497 e. The summed E-state index contributed by atoms with van der Waals surface area (Å²) in [6.07, 6.45) is 0. The Hall–Kier alpha value is -2.26. The molecule has 158 valence electrons. The van der Waals surface area contributed by atoms with Crippen molar-refractivity contribution in [2.45, 2.75) is 16.2 Å². The molecule has 0 spiro atoms. The maximum Gasteiger partial charge on any atom is 0.305 e. The third-order valence-electron chi connectivity index (χ3n) is 5.47. The van der Waals surface area contributed by atoms with Crippen LogP contribution in [0.25, 0.3) is 0 Å². The summed E-state index contributed by atoms with van der Waals surface area (Å²) < 4.78 is 5.17. The van der Waals surface area contributed by atoms with Gasteiger partial charge in [0.05, 0.1) is 33.8 Å². The zero-order valence-electron chi connectivity index (χ0n) is 15.9. The van der Waals surface area contributed by atoms with E-state index in [-0.39, 0.29) is 16.7 Å². The van der Waals surface area contributed by atoms with Gasteiger partial charge in [0.2, 0.25) is 11.8 Å². The van der Waals surface area contributed by atoms with Crippen molar-refractivity contribution in [1.29, 1.82) is 0 Å². The minimum atomic E-state index is -0.713. The van der Waals surface area contributed by atoms with E-state index in [1.807, 2.05) is 0 Å². The molecule has 0 saturated carbocycles. The molecule has 6 nitrogen and oxygen atoms in total. The van der Waals surface area contributed by atoms with Crippen LogP contribution >= 0.6 is 46.3 Å². The van der Waals surface area contributed by atoms with Gasteiger partial charge in [0, 0.05) is 10.8 Å². The largest absolute Gasteiger partial charge is 0.497 e. The Morgan fingerprint density at radius 2 is 1.77 bits per heavy atom. The second kappa shape index (κ2) is 7.70. The lowest BCUT2D eigenvalue weighted by atomic mass is 9.83. The smallest absolute Gasteiger partial charge is 0.305 e. The summed E-state index contributed by atoms with van der Waals surface area (Å²) >= 11 is 15.0. The van der Waals surface area contributed by atoms with Crippen LogP contribution in [0, 0.1) is 5.92 Å². The maximum absolute atomic E-state index is 13.6. The first-order valence-electron chi connectivity index (χ1n) is 9.26. The number of hydrogen-bond acceptors (Lipinski definition) is 6. The van der Waals surface area contributed by atoms with Crippen LogP contribution in [0.4, 0.5) is 5.69 Å². The molecule has 3 heterocycles. The fourth-order valence-corrected chi connectivity index (χ4v) is 7.03. The molecular weight excluding hydrogens is 479 g/mol. The van der Waals surface area contributed by atoms with Crippen LogP contribution in [0.1, 0.15) is 16.4 Å². The second-order valence-electron chi connectivity index (χ2n) is 7.10. The number of thiazole rings is 1. The van der Waals surface area contributed by atoms with Crippen LogP contribution in [0.5, 0.6) is 5.75 Å². The highest BCUT2D eigenvalue weighted by atomic mass is 35.5. The molecule has 0 aliphatic carbocycles. The van der Waals surface area contributed by atoms with Crippen molar-refractivity contribution in [3.63, 3.8) is 0 Å². The number of H-pyrrole nitrogens is 1. The summed E-state index contributed by atoms with van der Waals surface area (Å²) in [6.45, 7) is 0. The quantitative estimate of drug-likeness (QED) is 0.542. The Morgan fingerprint density at radius 1 is 1.03 bits per heavy atom. The number of thioether (sulfide) groups is 1. The van der Waals surface area contributed by atoms with Gasteiger partial charge in [-0.3, -0.25) is 14.4 Å². The van der Waals surface area contributed by atoms with E-state index >= 15 is 0 Å². The molecule has 10 heteroatoms. The molecule has 0 unspecified atom stereocenters. The molecule has 2 amide bonds. The molecule has 5 rings (SSSR count). The summed E-state index contributed by atoms with van der Waals surface area (Å²) in [7, 11) is 1.55. The number of fused-ring (bicyclic) bond motifs is 2. The average Bonchev–Trinajstić information content (AvgIpc) is 3.25. The van der Waals surface area contributed by atoms with Gasteiger partial charge in [-0.05, 0) is 35.9 Å². The normalized spacial score (nSPS) is 22.4. The summed E-state index contributed by atoms with van der Waals surface area (Å²) in [5.41, 5.74) is 1.09. The van der Waals surface area contributed by atoms with Gasteiger partial charge in [-0.1, -0.05) is 58.4 Å². The maximum atomic E-state index is 13.6. The van der Waals surface area contributed by atoms with Crippen LogP contribution in [-0.4, -0.2) is 29.2 Å². The number of methoxy groups -OCH3 is 1. The highest BCUT2D eigenvalue weighted by molar-refractivity contribution is 8.00. The summed E-state index contributed by atoms with van der Waals surface area (Å²) in [5, 5.41) is 0.569. The van der Waals surface area contributed by atoms with E-state index in [0.29, 0.717) is 36.9 Å². The zero-order valence-corrected chi connectivity index (χ0v) is 19.1. The number of benzene rings is 2. The van der Waals surface area contributed by atoms with Crippen LogP contribution in [0.15, 0.2) is 52.3 Å². The van der Waals surface area contributed by atoms with E-state index in [4.69, 9.17) is 27.9 Å². The number of aromatic amines is 1. The number of carbonyl (C=O) groups is 2. The molecule has 1 fully saturated rings. The number of halogens is 2. The lowest BCUT2D eigenvalue weighted by Gasteiger charge is -2.30. The number of imide groups is 1. The number of amides is 2. The molecule has 1 aromatic heterocycles. The third-order valence-corrected chi connectivity index (χ3v) is 8.71. The molecule has 3 atom stereocenters. The van der Waals surface area contributed by atoms with Gasteiger partial charge in [-0.2, -0.15) is 0 Å². The number of ether oxygens (including phenoxy) is 1. The van der Waals surface area contributed by atoms with Crippen LogP contribution in [0.2, 0.25) is 10.0 Å². The SMILES string of the molecule is COc1ccc(N2C(=O)[C@H]3[C@H](c4cccc(Cl)c4Cl)c4sc(=O)[nH]c4S[C@H]3C2=O)cc1. The van der Waals surface area contributed by atoms with Gasteiger partial charge in [0.15, 0.2) is 0 Å². The molecular formula is C21H14Cl2N2O4S2. The van der Waals surface area contributed by atoms with Gasteiger partial charge < -0.3 is 9.72 Å². The van der Waals surface area contributed by atoms with Gasteiger partial charge in [-0.15, -0.1) is 0 Å². The van der Waals surface area contributed by atoms with Crippen LogP contribution in [-0.2, 0) is 9.59 Å². The molecule has 2 aliphatic heterocycles. The minimum absolute atomic E-state index is 0.243. The Kier molecular flexibility index (Phi) is 5.13. The first-order valence-corrected chi connectivity index (χ1v) is 11.7. The Morgan fingerprint density at radius 3 is 2.48 bits per heavy atom. The Bertz CT molecular complexity index is 1270. The van der Waals surface area contributed by atoms with Crippen LogP contribution < -0.4 is 14.5 Å². The topological polar surface area (TPSA) is 79.5 Å². The Labute approximate surface area is 195 Å². The molecule has 0 radical (unpaired) electrons. The first-order chi connectivity index (χ1) is 14.9. The molecule has 0 bridgehead atoms.